The minimum absolute atomic E-state index is 0.0539. The van der Waals surface area contributed by atoms with Crippen LogP contribution in [0.25, 0.3) is 0 Å². The van der Waals surface area contributed by atoms with Gasteiger partial charge in [0.1, 0.15) is 11.8 Å². The predicted octanol–water partition coefficient (Wildman–Crippen LogP) is 2.13. The molecule has 1 atom stereocenters. The summed E-state index contributed by atoms with van der Waals surface area (Å²) in [6, 6.07) is -0.749. The highest BCUT2D eigenvalue weighted by Gasteiger charge is 2.20. The standard InChI is InChI=1S/C24H46N4O7/c1-20(29)12-6-5-9-19-35-27-17-8-4-2-3-7-16-26-24(33)21(13-10-15-23(31)32)28-22(30)14-11-18-34-25/h21,27H,2-19,25H2,1H3,(H,26,33)(H,28,30)(H,31,32)/t21-/m0/s1. The van der Waals surface area contributed by atoms with Crippen LogP contribution in [0.2, 0.25) is 0 Å². The molecule has 0 aliphatic rings. The first-order valence-corrected chi connectivity index (χ1v) is 12.8. The zero-order valence-electron chi connectivity index (χ0n) is 21.3. The molecular formula is C24H46N4O7. The molecule has 0 aliphatic carbocycles. The Kier molecular flexibility index (Phi) is 22.2. The number of nitrogens with one attached hydrogen (secondary N) is 3. The SMILES string of the molecule is CC(=O)CCCCCONCCCCCCCNC(=O)[C@H](CCCC(=O)O)NC(=O)CCCON. The van der Waals surface area contributed by atoms with Crippen LogP contribution in [-0.2, 0) is 28.9 Å². The summed E-state index contributed by atoms with van der Waals surface area (Å²) in [7, 11) is 0. The van der Waals surface area contributed by atoms with Crippen molar-refractivity contribution in [2.24, 2.45) is 5.90 Å². The van der Waals surface area contributed by atoms with Crippen LogP contribution >= 0.6 is 0 Å². The number of unbranched alkanes of at least 4 members (excludes halogenated alkanes) is 6. The first-order valence-electron chi connectivity index (χ1n) is 12.8. The fourth-order valence-electron chi connectivity index (χ4n) is 3.37. The average molecular weight is 503 g/mol. The van der Waals surface area contributed by atoms with E-state index in [1.807, 2.05) is 0 Å². The van der Waals surface area contributed by atoms with E-state index in [0.717, 1.165) is 57.9 Å². The summed E-state index contributed by atoms with van der Waals surface area (Å²) in [5, 5.41) is 14.3. The maximum Gasteiger partial charge on any atom is 0.303 e. The molecule has 0 aliphatic heterocycles. The van der Waals surface area contributed by atoms with Crippen LogP contribution in [0.15, 0.2) is 0 Å². The molecule has 0 aromatic rings. The molecule has 11 heteroatoms. The minimum Gasteiger partial charge on any atom is -0.481 e. The third kappa shape index (κ3) is 23.4. The van der Waals surface area contributed by atoms with Gasteiger partial charge in [0, 0.05) is 32.4 Å². The van der Waals surface area contributed by atoms with Crippen molar-refractivity contribution in [3.05, 3.63) is 0 Å². The van der Waals surface area contributed by atoms with E-state index in [9.17, 15) is 19.2 Å². The number of amides is 2. The monoisotopic (exact) mass is 502 g/mol. The fourth-order valence-corrected chi connectivity index (χ4v) is 3.37. The molecule has 0 heterocycles. The maximum absolute atomic E-state index is 12.5. The van der Waals surface area contributed by atoms with Crippen molar-refractivity contribution in [1.29, 1.82) is 0 Å². The van der Waals surface area contributed by atoms with Gasteiger partial charge in [-0.15, -0.1) is 0 Å². The molecule has 35 heavy (non-hydrogen) atoms. The first kappa shape index (κ1) is 32.9. The van der Waals surface area contributed by atoms with Gasteiger partial charge in [0.2, 0.25) is 11.8 Å². The molecule has 11 nitrogen and oxygen atoms in total. The highest BCUT2D eigenvalue weighted by Crippen LogP contribution is 2.05. The average Bonchev–Trinajstić information content (AvgIpc) is 2.80. The number of ketones is 1. The third-order valence-electron chi connectivity index (χ3n) is 5.33. The van der Waals surface area contributed by atoms with Crippen molar-refractivity contribution in [3.63, 3.8) is 0 Å². The zero-order chi connectivity index (χ0) is 26.2. The van der Waals surface area contributed by atoms with E-state index in [-0.39, 0.29) is 43.5 Å². The van der Waals surface area contributed by atoms with Gasteiger partial charge < -0.3 is 30.2 Å². The van der Waals surface area contributed by atoms with Crippen molar-refractivity contribution in [2.45, 2.75) is 103 Å². The van der Waals surface area contributed by atoms with Crippen molar-refractivity contribution >= 4 is 23.6 Å². The van der Waals surface area contributed by atoms with Crippen LogP contribution in [0, 0.1) is 0 Å². The lowest BCUT2D eigenvalue weighted by Gasteiger charge is -2.18. The fraction of sp³-hybridized carbons (Fsp3) is 0.833. The van der Waals surface area contributed by atoms with E-state index in [4.69, 9.17) is 15.8 Å². The molecule has 0 rings (SSSR count). The Morgan fingerprint density at radius 3 is 2.17 bits per heavy atom. The van der Waals surface area contributed by atoms with E-state index in [2.05, 4.69) is 21.0 Å². The third-order valence-corrected chi connectivity index (χ3v) is 5.33. The number of hydrogen-bond donors (Lipinski definition) is 5. The van der Waals surface area contributed by atoms with Gasteiger partial charge in [-0.3, -0.25) is 14.4 Å². The lowest BCUT2D eigenvalue weighted by Crippen LogP contribution is -2.47. The molecule has 0 unspecified atom stereocenters. The smallest absolute Gasteiger partial charge is 0.303 e. The summed E-state index contributed by atoms with van der Waals surface area (Å²) in [4.78, 5) is 55.9. The Labute approximate surface area is 209 Å². The number of hydroxylamine groups is 1. The summed E-state index contributed by atoms with van der Waals surface area (Å²) in [5.74, 6) is 3.66. The van der Waals surface area contributed by atoms with Crippen LogP contribution in [0.4, 0.5) is 0 Å². The van der Waals surface area contributed by atoms with Gasteiger partial charge in [-0.05, 0) is 51.9 Å². The molecule has 6 N–H and O–H groups in total. The molecule has 0 bridgehead atoms. The predicted molar refractivity (Wildman–Crippen MR) is 132 cm³/mol. The Hall–Kier alpha value is -2.08. The van der Waals surface area contributed by atoms with Crippen LogP contribution in [0.5, 0.6) is 0 Å². The van der Waals surface area contributed by atoms with Crippen LogP contribution in [0.3, 0.4) is 0 Å². The number of Topliss-reactive ketones (excluding diaryl/α,β-unsaturated/α-hetero) is 1. The molecule has 0 aromatic carbocycles. The van der Waals surface area contributed by atoms with Crippen molar-refractivity contribution in [3.8, 4) is 0 Å². The summed E-state index contributed by atoms with van der Waals surface area (Å²) >= 11 is 0. The molecule has 0 saturated heterocycles. The first-order chi connectivity index (χ1) is 16.9. The number of carboxylic acids is 1. The van der Waals surface area contributed by atoms with E-state index < -0.39 is 12.0 Å². The molecule has 0 aromatic heterocycles. The molecular weight excluding hydrogens is 456 g/mol. The van der Waals surface area contributed by atoms with Gasteiger partial charge in [0.05, 0.1) is 13.2 Å². The Morgan fingerprint density at radius 2 is 1.49 bits per heavy atom. The number of nitrogens with two attached hydrogens (primary N) is 1. The number of carbonyl (C=O) groups is 4. The second-order valence-electron chi connectivity index (χ2n) is 8.69. The summed E-state index contributed by atoms with van der Waals surface area (Å²) in [6.07, 6.45) is 9.57. The number of aliphatic carboxylic acids is 1. The molecule has 0 radical (unpaired) electrons. The van der Waals surface area contributed by atoms with Gasteiger partial charge in [-0.25, -0.2) is 11.4 Å². The Balaban J connectivity index is 3.84. The van der Waals surface area contributed by atoms with E-state index in [1.54, 1.807) is 6.92 Å². The van der Waals surface area contributed by atoms with E-state index >= 15 is 0 Å². The minimum atomic E-state index is -0.932. The highest BCUT2D eigenvalue weighted by atomic mass is 16.6. The van der Waals surface area contributed by atoms with Crippen LogP contribution < -0.4 is 22.0 Å². The topological polar surface area (TPSA) is 169 Å². The van der Waals surface area contributed by atoms with Crippen LogP contribution in [-0.4, -0.2) is 61.0 Å². The second-order valence-corrected chi connectivity index (χ2v) is 8.69. The number of hydrogen-bond acceptors (Lipinski definition) is 8. The normalized spacial score (nSPS) is 11.7. The summed E-state index contributed by atoms with van der Waals surface area (Å²) in [5.41, 5.74) is 2.96. The van der Waals surface area contributed by atoms with Crippen molar-refractivity contribution in [1.82, 2.24) is 16.1 Å². The van der Waals surface area contributed by atoms with Crippen molar-refractivity contribution in [2.75, 3.05) is 26.3 Å². The molecule has 2 amide bonds. The lowest BCUT2D eigenvalue weighted by atomic mass is 10.1. The second kappa shape index (κ2) is 23.7. The Bertz CT molecular complexity index is 590. The highest BCUT2D eigenvalue weighted by molar-refractivity contribution is 5.87. The van der Waals surface area contributed by atoms with Crippen LogP contribution in [0.1, 0.15) is 96.8 Å². The number of rotatable bonds is 25. The maximum atomic E-state index is 12.5. The van der Waals surface area contributed by atoms with Gasteiger partial charge in [-0.1, -0.05) is 25.7 Å². The van der Waals surface area contributed by atoms with Crippen molar-refractivity contribution < 1.29 is 34.0 Å². The number of carboxylic acid groups (broad SMARTS) is 1. The quantitative estimate of drug-likeness (QED) is 0.0927. The van der Waals surface area contributed by atoms with E-state index in [1.165, 1.54) is 0 Å². The molecule has 0 saturated carbocycles. The van der Waals surface area contributed by atoms with Gasteiger partial charge in [0.15, 0.2) is 0 Å². The Morgan fingerprint density at radius 1 is 0.800 bits per heavy atom. The van der Waals surface area contributed by atoms with Gasteiger partial charge in [-0.2, -0.15) is 0 Å². The van der Waals surface area contributed by atoms with Gasteiger partial charge in [0.25, 0.3) is 0 Å². The largest absolute Gasteiger partial charge is 0.481 e. The zero-order valence-corrected chi connectivity index (χ0v) is 21.3. The summed E-state index contributed by atoms with van der Waals surface area (Å²) < 4.78 is 0. The van der Waals surface area contributed by atoms with Gasteiger partial charge >= 0.3 is 5.97 Å². The summed E-state index contributed by atoms with van der Waals surface area (Å²) in [6.45, 7) is 3.81. The lowest BCUT2D eigenvalue weighted by molar-refractivity contribution is -0.137. The molecule has 0 fully saturated rings. The molecule has 204 valence electrons. The molecule has 0 spiro atoms. The number of carbonyl (C=O) groups excluding carboxylic acids is 3. The van der Waals surface area contributed by atoms with E-state index in [0.29, 0.717) is 32.4 Å².